The molecule has 0 heterocycles. The minimum Gasteiger partial charge on any atom is -0.497 e. The highest BCUT2D eigenvalue weighted by molar-refractivity contribution is 5.88. The molecular formula is C24H32N2O3. The monoisotopic (exact) mass is 396 g/mol. The SMILES string of the molecule is CCNC(=O)[C@H](CC)N(Cc1cccc(OC)c1)C(=O)Cc1ccc(C)c(C)c1. The van der Waals surface area contributed by atoms with Crippen LogP contribution in [-0.4, -0.2) is 36.4 Å². The van der Waals surface area contributed by atoms with Gasteiger partial charge in [-0.15, -0.1) is 0 Å². The molecular weight excluding hydrogens is 364 g/mol. The molecule has 0 radical (unpaired) electrons. The Hall–Kier alpha value is -2.82. The number of methoxy groups -OCH3 is 1. The summed E-state index contributed by atoms with van der Waals surface area (Å²) >= 11 is 0. The fraction of sp³-hybridized carbons (Fsp3) is 0.417. The molecule has 5 heteroatoms. The molecule has 2 rings (SSSR count). The van der Waals surface area contributed by atoms with Gasteiger partial charge in [-0.05, 0) is 61.6 Å². The van der Waals surface area contributed by atoms with Crippen molar-refractivity contribution in [3.63, 3.8) is 0 Å². The number of carbonyl (C=O) groups is 2. The van der Waals surface area contributed by atoms with Gasteiger partial charge in [0.2, 0.25) is 11.8 Å². The topological polar surface area (TPSA) is 58.6 Å². The number of carbonyl (C=O) groups excluding carboxylic acids is 2. The van der Waals surface area contributed by atoms with E-state index in [1.165, 1.54) is 5.56 Å². The number of hydrogen-bond acceptors (Lipinski definition) is 3. The van der Waals surface area contributed by atoms with Crippen molar-refractivity contribution in [3.05, 3.63) is 64.7 Å². The van der Waals surface area contributed by atoms with E-state index in [4.69, 9.17) is 4.74 Å². The predicted molar refractivity (Wildman–Crippen MR) is 116 cm³/mol. The first-order valence-electron chi connectivity index (χ1n) is 10.2. The molecule has 1 N–H and O–H groups in total. The molecule has 2 amide bonds. The van der Waals surface area contributed by atoms with Gasteiger partial charge >= 0.3 is 0 Å². The number of hydrogen-bond donors (Lipinski definition) is 1. The fourth-order valence-corrected chi connectivity index (χ4v) is 3.37. The molecule has 2 aromatic rings. The molecule has 0 aliphatic heterocycles. The third-order valence-electron chi connectivity index (χ3n) is 5.15. The summed E-state index contributed by atoms with van der Waals surface area (Å²) in [5.74, 6) is 0.552. The van der Waals surface area contributed by atoms with E-state index in [2.05, 4.69) is 12.2 Å². The number of ether oxygens (including phenoxy) is 1. The van der Waals surface area contributed by atoms with Gasteiger partial charge in [0, 0.05) is 13.1 Å². The molecule has 29 heavy (non-hydrogen) atoms. The summed E-state index contributed by atoms with van der Waals surface area (Å²) in [6, 6.07) is 13.2. The standard InChI is InChI=1S/C24H32N2O3/c1-6-22(24(28)25-7-2)26(16-20-9-8-10-21(14-20)29-5)23(27)15-19-12-11-17(3)18(4)13-19/h8-14,22H,6-7,15-16H2,1-5H3,(H,25,28)/t22-/m0/s1. The van der Waals surface area contributed by atoms with E-state index in [-0.39, 0.29) is 18.2 Å². The summed E-state index contributed by atoms with van der Waals surface area (Å²) in [6.07, 6.45) is 0.815. The second-order valence-electron chi connectivity index (χ2n) is 7.29. The van der Waals surface area contributed by atoms with Crippen molar-refractivity contribution in [2.75, 3.05) is 13.7 Å². The van der Waals surface area contributed by atoms with Crippen LogP contribution in [0.2, 0.25) is 0 Å². The molecule has 0 fully saturated rings. The maximum atomic E-state index is 13.3. The fourth-order valence-electron chi connectivity index (χ4n) is 3.37. The van der Waals surface area contributed by atoms with Crippen LogP contribution in [0.5, 0.6) is 5.75 Å². The van der Waals surface area contributed by atoms with Crippen molar-refractivity contribution in [1.29, 1.82) is 0 Å². The highest BCUT2D eigenvalue weighted by Crippen LogP contribution is 2.19. The Balaban J connectivity index is 2.31. The molecule has 2 aromatic carbocycles. The van der Waals surface area contributed by atoms with Crippen molar-refractivity contribution < 1.29 is 14.3 Å². The van der Waals surface area contributed by atoms with Gasteiger partial charge in [0.15, 0.2) is 0 Å². The van der Waals surface area contributed by atoms with Crippen LogP contribution in [0.15, 0.2) is 42.5 Å². The first kappa shape index (κ1) is 22.5. The third kappa shape index (κ3) is 6.08. The molecule has 0 unspecified atom stereocenters. The Morgan fingerprint density at radius 2 is 1.79 bits per heavy atom. The van der Waals surface area contributed by atoms with Crippen LogP contribution in [0.1, 0.15) is 42.5 Å². The summed E-state index contributed by atoms with van der Waals surface area (Å²) in [5, 5.41) is 2.86. The van der Waals surface area contributed by atoms with Crippen LogP contribution in [-0.2, 0) is 22.6 Å². The van der Waals surface area contributed by atoms with Crippen molar-refractivity contribution >= 4 is 11.8 Å². The van der Waals surface area contributed by atoms with Gasteiger partial charge in [-0.1, -0.05) is 37.3 Å². The Labute approximate surface area is 174 Å². The first-order valence-corrected chi connectivity index (χ1v) is 10.2. The summed E-state index contributed by atoms with van der Waals surface area (Å²) in [4.78, 5) is 27.6. The Morgan fingerprint density at radius 3 is 2.41 bits per heavy atom. The number of nitrogens with one attached hydrogen (secondary N) is 1. The minimum atomic E-state index is -0.514. The number of amides is 2. The van der Waals surface area contributed by atoms with Crippen LogP contribution in [0.3, 0.4) is 0 Å². The molecule has 0 saturated carbocycles. The molecule has 0 bridgehead atoms. The zero-order valence-electron chi connectivity index (χ0n) is 18.1. The molecule has 1 atom stereocenters. The Kier molecular flexibility index (Phi) is 8.25. The molecule has 0 aliphatic carbocycles. The highest BCUT2D eigenvalue weighted by Gasteiger charge is 2.28. The van der Waals surface area contributed by atoms with E-state index in [1.54, 1.807) is 12.0 Å². The van der Waals surface area contributed by atoms with Crippen LogP contribution in [0.25, 0.3) is 0 Å². The third-order valence-corrected chi connectivity index (χ3v) is 5.15. The minimum absolute atomic E-state index is 0.0609. The average Bonchev–Trinajstić information content (AvgIpc) is 2.71. The molecule has 156 valence electrons. The zero-order chi connectivity index (χ0) is 21.4. The molecule has 0 aliphatic rings. The van der Waals surface area contributed by atoms with Gasteiger partial charge < -0.3 is 15.0 Å². The number of benzene rings is 2. The van der Waals surface area contributed by atoms with E-state index in [0.29, 0.717) is 19.5 Å². The lowest BCUT2D eigenvalue weighted by atomic mass is 10.0. The van der Waals surface area contributed by atoms with E-state index in [0.717, 1.165) is 22.4 Å². The van der Waals surface area contributed by atoms with E-state index in [9.17, 15) is 9.59 Å². The smallest absolute Gasteiger partial charge is 0.242 e. The van der Waals surface area contributed by atoms with Crippen LogP contribution >= 0.6 is 0 Å². The summed E-state index contributed by atoms with van der Waals surface area (Å²) in [6.45, 7) is 8.80. The van der Waals surface area contributed by atoms with Gasteiger partial charge in [0.25, 0.3) is 0 Å². The predicted octanol–water partition coefficient (Wildman–Crippen LogP) is 3.80. The lowest BCUT2D eigenvalue weighted by molar-refractivity contribution is -0.140. The van der Waals surface area contributed by atoms with E-state index in [1.807, 2.05) is 63.2 Å². The van der Waals surface area contributed by atoms with Gasteiger partial charge in [-0.2, -0.15) is 0 Å². The van der Waals surface area contributed by atoms with Crippen molar-refractivity contribution in [3.8, 4) is 5.75 Å². The van der Waals surface area contributed by atoms with Crippen LogP contribution < -0.4 is 10.1 Å². The number of nitrogens with zero attached hydrogens (tertiary/aromatic N) is 1. The lowest BCUT2D eigenvalue weighted by Gasteiger charge is -2.31. The number of likely N-dealkylation sites (N-methyl/N-ethyl adjacent to an activating group) is 1. The van der Waals surface area contributed by atoms with Crippen LogP contribution in [0, 0.1) is 13.8 Å². The zero-order valence-corrected chi connectivity index (χ0v) is 18.1. The van der Waals surface area contributed by atoms with Crippen molar-refractivity contribution in [1.82, 2.24) is 10.2 Å². The first-order chi connectivity index (χ1) is 13.9. The molecule has 0 spiro atoms. The summed E-state index contributed by atoms with van der Waals surface area (Å²) < 4.78 is 5.31. The van der Waals surface area contributed by atoms with E-state index >= 15 is 0 Å². The second-order valence-corrected chi connectivity index (χ2v) is 7.29. The van der Waals surface area contributed by atoms with E-state index < -0.39 is 6.04 Å². The lowest BCUT2D eigenvalue weighted by Crippen LogP contribution is -2.49. The molecule has 0 aromatic heterocycles. The van der Waals surface area contributed by atoms with Crippen LogP contribution in [0.4, 0.5) is 0 Å². The largest absolute Gasteiger partial charge is 0.497 e. The van der Waals surface area contributed by atoms with Gasteiger partial charge in [0.05, 0.1) is 13.5 Å². The molecule has 5 nitrogen and oxygen atoms in total. The molecule has 0 saturated heterocycles. The number of rotatable bonds is 9. The van der Waals surface area contributed by atoms with Gasteiger partial charge in [-0.25, -0.2) is 0 Å². The quantitative estimate of drug-likeness (QED) is 0.701. The highest BCUT2D eigenvalue weighted by atomic mass is 16.5. The summed E-state index contributed by atoms with van der Waals surface area (Å²) in [7, 11) is 1.62. The Bertz CT molecular complexity index is 848. The van der Waals surface area contributed by atoms with Gasteiger partial charge in [0.1, 0.15) is 11.8 Å². The Morgan fingerprint density at radius 1 is 1.03 bits per heavy atom. The maximum Gasteiger partial charge on any atom is 0.242 e. The normalized spacial score (nSPS) is 11.6. The number of aryl methyl sites for hydroxylation is 2. The van der Waals surface area contributed by atoms with Crippen molar-refractivity contribution in [2.45, 2.75) is 53.1 Å². The average molecular weight is 397 g/mol. The van der Waals surface area contributed by atoms with Gasteiger partial charge in [-0.3, -0.25) is 9.59 Å². The van der Waals surface area contributed by atoms with Crippen molar-refractivity contribution in [2.24, 2.45) is 0 Å². The summed E-state index contributed by atoms with van der Waals surface area (Å²) in [5.41, 5.74) is 4.24. The maximum absolute atomic E-state index is 13.3. The second kappa shape index (κ2) is 10.6.